The molecule has 1 amide bonds. The highest BCUT2D eigenvalue weighted by atomic mass is 16.1. The van der Waals surface area contributed by atoms with Crippen LogP contribution in [0.3, 0.4) is 0 Å². The van der Waals surface area contributed by atoms with Gasteiger partial charge < -0.3 is 10.6 Å². The van der Waals surface area contributed by atoms with Gasteiger partial charge in [-0.15, -0.1) is 0 Å². The zero-order chi connectivity index (χ0) is 16.1. The van der Waals surface area contributed by atoms with Crippen molar-refractivity contribution in [2.75, 3.05) is 10.6 Å². The molecule has 1 aromatic heterocycles. The molecule has 1 atom stereocenters. The minimum Gasteiger partial charge on any atom is -0.382 e. The highest BCUT2D eigenvalue weighted by Gasteiger charge is 2.17. The lowest BCUT2D eigenvalue weighted by atomic mass is 10.1. The third kappa shape index (κ3) is 4.06. The first-order valence-electron chi connectivity index (χ1n) is 8.16. The van der Waals surface area contributed by atoms with Crippen molar-refractivity contribution in [3.05, 3.63) is 48.5 Å². The monoisotopic (exact) mass is 310 g/mol. The molecule has 1 heterocycles. The van der Waals surface area contributed by atoms with E-state index in [4.69, 9.17) is 0 Å². The molecule has 3 rings (SSSR count). The Kier molecular flexibility index (Phi) is 4.86. The lowest BCUT2D eigenvalue weighted by Gasteiger charge is -2.15. The van der Waals surface area contributed by atoms with E-state index < -0.39 is 0 Å². The lowest BCUT2D eigenvalue weighted by Crippen LogP contribution is -2.20. The number of rotatable bonds is 5. The van der Waals surface area contributed by atoms with Gasteiger partial charge in [-0.05, 0) is 38.0 Å². The molecule has 2 aromatic rings. The Morgan fingerprint density at radius 1 is 1.22 bits per heavy atom. The summed E-state index contributed by atoms with van der Waals surface area (Å²) in [6.45, 7) is 1.83. The van der Waals surface area contributed by atoms with Crippen LogP contribution in [0.2, 0.25) is 0 Å². The van der Waals surface area contributed by atoms with Gasteiger partial charge in [-0.25, -0.2) is 0 Å². The number of carbonyl (C=O) groups is 1. The number of carbonyl (C=O) groups excluding carboxylic acids is 1. The summed E-state index contributed by atoms with van der Waals surface area (Å²) in [4.78, 5) is 20.6. The van der Waals surface area contributed by atoms with Crippen molar-refractivity contribution in [1.82, 2.24) is 9.97 Å². The predicted octanol–water partition coefficient (Wildman–Crippen LogP) is 3.57. The first-order valence-corrected chi connectivity index (χ1v) is 8.16. The summed E-state index contributed by atoms with van der Waals surface area (Å²) in [6.07, 6.45) is 9.87. The maximum absolute atomic E-state index is 12.4. The first kappa shape index (κ1) is 15.5. The standard InChI is InChI=1S/C18H22N4O/c1-13(17-12-19-9-10-20-17)18(23)22-16-8-4-7-15(11-16)21-14-5-2-3-6-14/h4,7-14,21H,2-3,5-6H2,1H3,(H,22,23). The van der Waals surface area contributed by atoms with E-state index >= 15 is 0 Å². The fraction of sp³-hybridized carbons (Fsp3) is 0.389. The molecule has 1 unspecified atom stereocenters. The first-order chi connectivity index (χ1) is 11.2. The second kappa shape index (κ2) is 7.22. The molecular formula is C18H22N4O. The average molecular weight is 310 g/mol. The molecular weight excluding hydrogens is 288 g/mol. The smallest absolute Gasteiger partial charge is 0.233 e. The van der Waals surface area contributed by atoms with Gasteiger partial charge in [0.1, 0.15) is 0 Å². The molecule has 1 aromatic carbocycles. The quantitative estimate of drug-likeness (QED) is 0.886. The molecule has 0 saturated heterocycles. The maximum atomic E-state index is 12.4. The number of hydrogen-bond acceptors (Lipinski definition) is 4. The number of nitrogens with one attached hydrogen (secondary N) is 2. The largest absolute Gasteiger partial charge is 0.382 e. The van der Waals surface area contributed by atoms with Crippen LogP contribution in [-0.4, -0.2) is 21.9 Å². The summed E-state index contributed by atoms with van der Waals surface area (Å²) in [5, 5.41) is 6.50. The van der Waals surface area contributed by atoms with E-state index in [1.807, 2.05) is 31.2 Å². The normalized spacial score (nSPS) is 16.0. The molecule has 2 N–H and O–H groups in total. The number of benzene rings is 1. The van der Waals surface area contributed by atoms with Crippen LogP contribution in [0.4, 0.5) is 11.4 Å². The van der Waals surface area contributed by atoms with Gasteiger partial charge in [0.05, 0.1) is 11.6 Å². The molecule has 1 saturated carbocycles. The number of anilines is 2. The Labute approximate surface area is 136 Å². The topological polar surface area (TPSA) is 66.9 Å². The number of aromatic nitrogens is 2. The van der Waals surface area contributed by atoms with E-state index in [0.29, 0.717) is 11.7 Å². The minimum absolute atomic E-state index is 0.0801. The van der Waals surface area contributed by atoms with Crippen molar-refractivity contribution in [2.45, 2.75) is 44.6 Å². The van der Waals surface area contributed by atoms with Crippen LogP contribution in [0.1, 0.15) is 44.2 Å². The Hall–Kier alpha value is -2.43. The zero-order valence-corrected chi connectivity index (χ0v) is 13.3. The van der Waals surface area contributed by atoms with Gasteiger partial charge in [0.2, 0.25) is 5.91 Å². The van der Waals surface area contributed by atoms with Gasteiger partial charge >= 0.3 is 0 Å². The molecule has 1 aliphatic carbocycles. The third-order valence-corrected chi connectivity index (χ3v) is 4.28. The van der Waals surface area contributed by atoms with Gasteiger partial charge in [-0.2, -0.15) is 0 Å². The summed E-state index contributed by atoms with van der Waals surface area (Å²) in [6, 6.07) is 8.44. The molecule has 120 valence electrons. The third-order valence-electron chi connectivity index (χ3n) is 4.28. The fourth-order valence-electron chi connectivity index (χ4n) is 2.91. The molecule has 1 fully saturated rings. The maximum Gasteiger partial charge on any atom is 0.233 e. The van der Waals surface area contributed by atoms with Gasteiger partial charge in [0, 0.05) is 36.0 Å². The molecule has 0 radical (unpaired) electrons. The average Bonchev–Trinajstić information content (AvgIpc) is 3.08. The van der Waals surface area contributed by atoms with E-state index in [9.17, 15) is 4.79 Å². The SMILES string of the molecule is CC(C(=O)Nc1cccc(NC2CCCC2)c1)c1cnccn1. The van der Waals surface area contributed by atoms with Crippen LogP contribution in [-0.2, 0) is 4.79 Å². The van der Waals surface area contributed by atoms with E-state index in [2.05, 4.69) is 20.6 Å². The Bertz CT molecular complexity index is 653. The van der Waals surface area contributed by atoms with E-state index in [-0.39, 0.29) is 11.8 Å². The summed E-state index contributed by atoms with van der Waals surface area (Å²) in [5.74, 6) is -0.418. The van der Waals surface area contributed by atoms with Gasteiger partial charge in [-0.3, -0.25) is 14.8 Å². The Balaban J connectivity index is 1.64. The summed E-state index contributed by atoms with van der Waals surface area (Å²) < 4.78 is 0. The highest BCUT2D eigenvalue weighted by Crippen LogP contribution is 2.24. The summed E-state index contributed by atoms with van der Waals surface area (Å²) >= 11 is 0. The van der Waals surface area contributed by atoms with Crippen molar-refractivity contribution in [3.63, 3.8) is 0 Å². The van der Waals surface area contributed by atoms with Crippen LogP contribution in [0, 0.1) is 0 Å². The molecule has 0 spiro atoms. The van der Waals surface area contributed by atoms with E-state index in [0.717, 1.165) is 11.4 Å². The Morgan fingerprint density at radius 3 is 2.74 bits per heavy atom. The van der Waals surface area contributed by atoms with Gasteiger partial charge in [0.25, 0.3) is 0 Å². The summed E-state index contributed by atoms with van der Waals surface area (Å²) in [5.41, 5.74) is 2.53. The molecule has 0 aliphatic heterocycles. The van der Waals surface area contributed by atoms with Crippen LogP contribution < -0.4 is 10.6 Å². The fourth-order valence-corrected chi connectivity index (χ4v) is 2.91. The lowest BCUT2D eigenvalue weighted by molar-refractivity contribution is -0.117. The van der Waals surface area contributed by atoms with Crippen LogP contribution >= 0.6 is 0 Å². The number of hydrogen-bond donors (Lipinski definition) is 2. The van der Waals surface area contributed by atoms with Crippen LogP contribution in [0.15, 0.2) is 42.9 Å². The highest BCUT2D eigenvalue weighted by molar-refractivity contribution is 5.95. The van der Waals surface area contributed by atoms with Crippen LogP contribution in [0.25, 0.3) is 0 Å². The second-order valence-electron chi connectivity index (χ2n) is 6.05. The van der Waals surface area contributed by atoms with E-state index in [1.54, 1.807) is 18.6 Å². The molecule has 1 aliphatic rings. The minimum atomic E-state index is -0.338. The van der Waals surface area contributed by atoms with Crippen molar-refractivity contribution in [1.29, 1.82) is 0 Å². The molecule has 0 bridgehead atoms. The van der Waals surface area contributed by atoms with Gasteiger partial charge in [-0.1, -0.05) is 18.9 Å². The van der Waals surface area contributed by atoms with Crippen molar-refractivity contribution < 1.29 is 4.79 Å². The number of nitrogens with zero attached hydrogens (tertiary/aromatic N) is 2. The summed E-state index contributed by atoms with van der Waals surface area (Å²) in [7, 11) is 0. The molecule has 23 heavy (non-hydrogen) atoms. The van der Waals surface area contributed by atoms with Crippen molar-refractivity contribution in [2.24, 2.45) is 0 Å². The number of amides is 1. The van der Waals surface area contributed by atoms with Crippen molar-refractivity contribution >= 4 is 17.3 Å². The van der Waals surface area contributed by atoms with Crippen molar-refractivity contribution in [3.8, 4) is 0 Å². The Morgan fingerprint density at radius 2 is 2.00 bits per heavy atom. The predicted molar refractivity (Wildman–Crippen MR) is 91.4 cm³/mol. The second-order valence-corrected chi connectivity index (χ2v) is 6.05. The molecule has 5 heteroatoms. The molecule has 5 nitrogen and oxygen atoms in total. The van der Waals surface area contributed by atoms with Crippen LogP contribution in [0.5, 0.6) is 0 Å². The van der Waals surface area contributed by atoms with E-state index in [1.165, 1.54) is 25.7 Å². The zero-order valence-electron chi connectivity index (χ0n) is 13.3. The van der Waals surface area contributed by atoms with Gasteiger partial charge in [0.15, 0.2) is 0 Å².